The molecule has 4 rings (SSSR count). The Labute approximate surface area is 192 Å². The van der Waals surface area contributed by atoms with Crippen molar-refractivity contribution in [2.45, 2.75) is 30.7 Å². The first-order valence-electron chi connectivity index (χ1n) is 9.74. The SMILES string of the molecule is Cc1ccc(C(F)(F)F)cc1-c1nc(NSc2cccc(N3CC(C)(O)C3)n2)ccc1Cl. The van der Waals surface area contributed by atoms with Gasteiger partial charge in [0.15, 0.2) is 0 Å². The van der Waals surface area contributed by atoms with Crippen molar-refractivity contribution in [2.75, 3.05) is 22.7 Å². The lowest BCUT2D eigenvalue weighted by atomic mass is 9.97. The molecule has 3 heterocycles. The lowest BCUT2D eigenvalue weighted by Gasteiger charge is -2.44. The molecule has 10 heteroatoms. The third-order valence-electron chi connectivity index (χ3n) is 5.02. The van der Waals surface area contributed by atoms with Crippen LogP contribution in [0.5, 0.6) is 0 Å². The Bertz CT molecular complexity index is 1150. The highest BCUT2D eigenvalue weighted by Crippen LogP contribution is 2.36. The number of nitrogens with one attached hydrogen (secondary N) is 1. The van der Waals surface area contributed by atoms with E-state index in [4.69, 9.17) is 11.6 Å². The number of β-amino-alcohol motifs (C(OH)–C–C–N with tert-alkyl or cyclic N) is 1. The van der Waals surface area contributed by atoms with Crippen molar-refractivity contribution in [2.24, 2.45) is 0 Å². The fraction of sp³-hybridized carbons (Fsp3) is 0.273. The van der Waals surface area contributed by atoms with E-state index in [-0.39, 0.29) is 10.7 Å². The van der Waals surface area contributed by atoms with Gasteiger partial charge >= 0.3 is 6.18 Å². The van der Waals surface area contributed by atoms with Gasteiger partial charge in [-0.3, -0.25) is 0 Å². The Balaban J connectivity index is 1.53. The van der Waals surface area contributed by atoms with Crippen LogP contribution in [0.3, 0.4) is 0 Å². The van der Waals surface area contributed by atoms with Crippen LogP contribution in [0.4, 0.5) is 24.8 Å². The molecule has 0 atom stereocenters. The van der Waals surface area contributed by atoms with Crippen molar-refractivity contribution in [3.63, 3.8) is 0 Å². The maximum absolute atomic E-state index is 13.2. The minimum Gasteiger partial charge on any atom is -0.386 e. The summed E-state index contributed by atoms with van der Waals surface area (Å²) >= 11 is 7.50. The van der Waals surface area contributed by atoms with E-state index in [9.17, 15) is 18.3 Å². The molecule has 0 aliphatic carbocycles. The van der Waals surface area contributed by atoms with Crippen LogP contribution in [-0.4, -0.2) is 33.8 Å². The largest absolute Gasteiger partial charge is 0.416 e. The van der Waals surface area contributed by atoms with Crippen LogP contribution in [0, 0.1) is 6.92 Å². The van der Waals surface area contributed by atoms with Crippen LogP contribution in [0.1, 0.15) is 18.1 Å². The Morgan fingerprint density at radius 1 is 1.12 bits per heavy atom. The number of aliphatic hydroxyl groups is 1. The molecule has 2 aromatic heterocycles. The average molecular weight is 481 g/mol. The van der Waals surface area contributed by atoms with E-state index >= 15 is 0 Å². The van der Waals surface area contributed by atoms with Gasteiger partial charge in [0.1, 0.15) is 16.7 Å². The number of aromatic nitrogens is 2. The van der Waals surface area contributed by atoms with Crippen LogP contribution in [0.2, 0.25) is 5.02 Å². The van der Waals surface area contributed by atoms with Gasteiger partial charge in [-0.1, -0.05) is 23.7 Å². The summed E-state index contributed by atoms with van der Waals surface area (Å²) in [5, 5.41) is 10.9. The molecule has 0 amide bonds. The molecule has 1 aromatic carbocycles. The molecule has 3 aromatic rings. The topological polar surface area (TPSA) is 61.3 Å². The number of halogens is 4. The highest BCUT2D eigenvalue weighted by molar-refractivity contribution is 8.00. The summed E-state index contributed by atoms with van der Waals surface area (Å²) in [4.78, 5) is 11.0. The van der Waals surface area contributed by atoms with Gasteiger partial charge in [0.25, 0.3) is 0 Å². The Morgan fingerprint density at radius 2 is 1.88 bits per heavy atom. The smallest absolute Gasteiger partial charge is 0.386 e. The van der Waals surface area contributed by atoms with Crippen molar-refractivity contribution in [1.29, 1.82) is 0 Å². The van der Waals surface area contributed by atoms with Crippen molar-refractivity contribution in [1.82, 2.24) is 9.97 Å². The fourth-order valence-electron chi connectivity index (χ4n) is 3.42. The van der Waals surface area contributed by atoms with E-state index in [2.05, 4.69) is 14.7 Å². The molecule has 1 aliphatic rings. The number of anilines is 2. The number of aryl methyl sites for hydroxylation is 1. The summed E-state index contributed by atoms with van der Waals surface area (Å²) in [6, 6.07) is 12.3. The second-order valence-electron chi connectivity index (χ2n) is 7.95. The second kappa shape index (κ2) is 8.46. The zero-order chi connectivity index (χ0) is 23.1. The van der Waals surface area contributed by atoms with Gasteiger partial charge in [0.2, 0.25) is 0 Å². The predicted octanol–water partition coefficient (Wildman–Crippen LogP) is 5.81. The van der Waals surface area contributed by atoms with Crippen LogP contribution in [-0.2, 0) is 6.18 Å². The summed E-state index contributed by atoms with van der Waals surface area (Å²) < 4.78 is 42.6. The van der Waals surface area contributed by atoms with E-state index in [0.717, 1.165) is 18.0 Å². The van der Waals surface area contributed by atoms with Crippen molar-refractivity contribution >= 4 is 35.2 Å². The lowest BCUT2D eigenvalue weighted by Crippen LogP contribution is -2.60. The molecular formula is C22H20ClF3N4OS. The highest BCUT2D eigenvalue weighted by atomic mass is 35.5. The first-order chi connectivity index (χ1) is 15.0. The van der Waals surface area contributed by atoms with Gasteiger partial charge in [0.05, 0.1) is 21.9 Å². The lowest BCUT2D eigenvalue weighted by molar-refractivity contribution is -0.137. The minimum atomic E-state index is -4.46. The quantitative estimate of drug-likeness (QED) is 0.449. The number of benzene rings is 1. The van der Waals surface area contributed by atoms with Crippen LogP contribution in [0.15, 0.2) is 53.6 Å². The molecule has 0 spiro atoms. The number of alkyl halides is 3. The Kier molecular flexibility index (Phi) is 6.00. The van der Waals surface area contributed by atoms with E-state index < -0.39 is 17.3 Å². The summed E-state index contributed by atoms with van der Waals surface area (Å²) in [6.07, 6.45) is -4.46. The van der Waals surface area contributed by atoms with E-state index in [1.165, 1.54) is 18.0 Å². The number of hydrogen-bond donors (Lipinski definition) is 2. The van der Waals surface area contributed by atoms with E-state index in [1.807, 2.05) is 23.1 Å². The van der Waals surface area contributed by atoms with Gasteiger partial charge in [-0.05, 0) is 55.8 Å². The van der Waals surface area contributed by atoms with Gasteiger partial charge < -0.3 is 14.7 Å². The summed E-state index contributed by atoms with van der Waals surface area (Å²) in [6.45, 7) is 4.52. The third kappa shape index (κ3) is 4.95. The number of hydrogen-bond acceptors (Lipinski definition) is 6. The second-order valence-corrected chi connectivity index (χ2v) is 9.18. The van der Waals surface area contributed by atoms with E-state index in [0.29, 0.717) is 35.1 Å². The molecule has 2 N–H and O–H groups in total. The van der Waals surface area contributed by atoms with Crippen molar-refractivity contribution in [3.05, 3.63) is 64.7 Å². The molecule has 5 nitrogen and oxygen atoms in total. The molecule has 1 aliphatic heterocycles. The Morgan fingerprint density at radius 3 is 2.56 bits per heavy atom. The normalized spacial score (nSPS) is 15.4. The molecule has 1 saturated heterocycles. The maximum atomic E-state index is 13.2. The first-order valence-corrected chi connectivity index (χ1v) is 10.9. The van der Waals surface area contributed by atoms with E-state index in [1.54, 1.807) is 26.0 Å². The first kappa shape index (κ1) is 22.7. The van der Waals surface area contributed by atoms with Crippen molar-refractivity contribution in [3.8, 4) is 11.3 Å². The van der Waals surface area contributed by atoms with Crippen LogP contribution < -0.4 is 9.62 Å². The van der Waals surface area contributed by atoms with Gasteiger partial charge in [-0.15, -0.1) is 0 Å². The molecule has 0 saturated carbocycles. The van der Waals surface area contributed by atoms with Crippen molar-refractivity contribution < 1.29 is 18.3 Å². The van der Waals surface area contributed by atoms with Gasteiger partial charge in [0, 0.05) is 30.6 Å². The number of pyridine rings is 2. The molecule has 0 radical (unpaired) electrons. The molecule has 32 heavy (non-hydrogen) atoms. The zero-order valence-electron chi connectivity index (χ0n) is 17.2. The standard InChI is InChI=1S/C22H20ClF3N4OS/c1-13-6-7-14(22(24,25)26)10-15(13)20-16(23)8-9-17(27-20)29-32-19-5-3-4-18(28-19)30-11-21(2,31)12-30/h3-10,31H,11-12H2,1-2H3,(H,27,29). The molecule has 0 bridgehead atoms. The van der Waals surface area contributed by atoms with Gasteiger partial charge in [-0.25, -0.2) is 9.97 Å². The molecule has 0 unspecified atom stereocenters. The minimum absolute atomic E-state index is 0.257. The molecule has 168 valence electrons. The summed E-state index contributed by atoms with van der Waals surface area (Å²) in [5.74, 6) is 1.19. The highest BCUT2D eigenvalue weighted by Gasteiger charge is 2.37. The van der Waals surface area contributed by atoms with Crippen LogP contribution in [0.25, 0.3) is 11.3 Å². The average Bonchev–Trinajstić information content (AvgIpc) is 2.71. The molecule has 1 fully saturated rings. The van der Waals surface area contributed by atoms with Gasteiger partial charge in [-0.2, -0.15) is 13.2 Å². The van der Waals surface area contributed by atoms with Crippen LogP contribution >= 0.6 is 23.5 Å². The number of nitrogens with zero attached hydrogens (tertiary/aromatic N) is 3. The molecular weight excluding hydrogens is 461 g/mol. The maximum Gasteiger partial charge on any atom is 0.416 e. The monoisotopic (exact) mass is 480 g/mol. The summed E-state index contributed by atoms with van der Waals surface area (Å²) in [7, 11) is 0. The summed E-state index contributed by atoms with van der Waals surface area (Å²) in [5.41, 5.74) is -0.227. The zero-order valence-corrected chi connectivity index (χ0v) is 18.8. The fourth-order valence-corrected chi connectivity index (χ4v) is 4.24. The Hall–Kier alpha value is -2.49. The number of rotatable bonds is 5. The third-order valence-corrected chi connectivity index (χ3v) is 6.07. The predicted molar refractivity (Wildman–Crippen MR) is 121 cm³/mol.